The number of alkyl halides is 1. The molecule has 0 nitrogen and oxygen atoms in total. The maximum atomic E-state index is 3.82. The first-order chi connectivity index (χ1) is 8.47. The van der Waals surface area contributed by atoms with Gasteiger partial charge in [0.2, 0.25) is 0 Å². The third-order valence-corrected chi connectivity index (χ3v) is 5.64. The smallest absolute Gasteiger partial charge is 0.0704 e. The van der Waals surface area contributed by atoms with Gasteiger partial charge >= 0.3 is 0 Å². The molecule has 0 fully saturated rings. The van der Waals surface area contributed by atoms with Crippen LogP contribution in [0.3, 0.4) is 0 Å². The molecule has 0 saturated heterocycles. The average molecular weight is 388 g/mol. The number of aryl methyl sites for hydroxylation is 3. The van der Waals surface area contributed by atoms with Crippen molar-refractivity contribution in [2.75, 3.05) is 0 Å². The molecule has 3 heteroatoms. The van der Waals surface area contributed by atoms with E-state index in [4.69, 9.17) is 0 Å². The molecule has 0 aliphatic heterocycles. The van der Waals surface area contributed by atoms with Gasteiger partial charge in [-0.05, 0) is 71.4 Å². The molecule has 0 N–H and O–H groups in total. The summed E-state index contributed by atoms with van der Waals surface area (Å²) in [4.78, 5) is 1.77. The van der Waals surface area contributed by atoms with Gasteiger partial charge in [-0.1, -0.05) is 34.1 Å². The fourth-order valence-electron chi connectivity index (χ4n) is 2.02. The quantitative estimate of drug-likeness (QED) is 0.557. The van der Waals surface area contributed by atoms with E-state index in [1.807, 2.05) is 0 Å². The zero-order chi connectivity index (χ0) is 13.3. The van der Waals surface area contributed by atoms with Gasteiger partial charge in [-0.2, -0.15) is 0 Å². The Labute approximate surface area is 130 Å². The highest BCUT2D eigenvalue weighted by molar-refractivity contribution is 9.11. The molecule has 0 radical (unpaired) electrons. The minimum absolute atomic E-state index is 0.391. The number of halogens is 2. The largest absolute Gasteiger partial charge is 0.133 e. The number of thiophene rings is 1. The summed E-state index contributed by atoms with van der Waals surface area (Å²) in [6.45, 7) is 6.51. The molecule has 1 aromatic carbocycles. The van der Waals surface area contributed by atoms with Crippen molar-refractivity contribution in [1.29, 1.82) is 0 Å². The zero-order valence-electron chi connectivity index (χ0n) is 10.8. The van der Waals surface area contributed by atoms with Crippen molar-refractivity contribution in [3.63, 3.8) is 0 Å². The Morgan fingerprint density at radius 2 is 1.83 bits per heavy atom. The normalized spacial score (nSPS) is 12.7. The number of hydrogen-bond donors (Lipinski definition) is 0. The Kier molecular flexibility index (Phi) is 4.68. The van der Waals surface area contributed by atoms with E-state index in [1.165, 1.54) is 30.9 Å². The molecule has 0 aliphatic carbocycles. The maximum absolute atomic E-state index is 3.82. The van der Waals surface area contributed by atoms with Crippen LogP contribution in [-0.4, -0.2) is 0 Å². The number of benzene rings is 1. The van der Waals surface area contributed by atoms with Gasteiger partial charge in [0.25, 0.3) is 0 Å². The molecule has 0 aliphatic rings. The Morgan fingerprint density at radius 3 is 2.39 bits per heavy atom. The van der Waals surface area contributed by atoms with Crippen LogP contribution in [0.15, 0.2) is 28.1 Å². The lowest BCUT2D eigenvalue weighted by Gasteiger charge is -2.11. The minimum atomic E-state index is 0.391. The molecule has 18 heavy (non-hydrogen) atoms. The Bertz CT molecular complexity index is 558. The molecular weight excluding hydrogens is 372 g/mol. The lowest BCUT2D eigenvalue weighted by atomic mass is 10.0. The van der Waals surface area contributed by atoms with E-state index >= 15 is 0 Å². The first-order valence-electron chi connectivity index (χ1n) is 5.93. The highest BCUT2D eigenvalue weighted by atomic mass is 79.9. The Morgan fingerprint density at radius 1 is 1.11 bits per heavy atom. The van der Waals surface area contributed by atoms with Crippen LogP contribution in [0.25, 0.3) is 0 Å². The minimum Gasteiger partial charge on any atom is -0.133 e. The highest BCUT2D eigenvalue weighted by Gasteiger charge is 2.14. The van der Waals surface area contributed by atoms with Crippen molar-refractivity contribution in [2.45, 2.75) is 32.0 Å². The van der Waals surface area contributed by atoms with Crippen molar-refractivity contribution in [2.24, 2.45) is 0 Å². The number of hydrogen-bond acceptors (Lipinski definition) is 1. The van der Waals surface area contributed by atoms with Gasteiger partial charge in [-0.15, -0.1) is 11.3 Å². The third kappa shape index (κ3) is 3.25. The van der Waals surface area contributed by atoms with Crippen LogP contribution in [0, 0.1) is 20.8 Å². The van der Waals surface area contributed by atoms with E-state index in [0.717, 1.165) is 6.42 Å². The van der Waals surface area contributed by atoms with Gasteiger partial charge in [0, 0.05) is 9.70 Å². The van der Waals surface area contributed by atoms with E-state index in [2.05, 4.69) is 76.9 Å². The predicted molar refractivity (Wildman–Crippen MR) is 88.0 cm³/mol. The summed E-state index contributed by atoms with van der Waals surface area (Å²) in [6.07, 6.45) is 1.03. The summed E-state index contributed by atoms with van der Waals surface area (Å²) < 4.78 is 1.21. The molecule has 0 bridgehead atoms. The van der Waals surface area contributed by atoms with Crippen LogP contribution in [0.4, 0.5) is 0 Å². The van der Waals surface area contributed by atoms with Crippen molar-refractivity contribution >= 4 is 43.2 Å². The van der Waals surface area contributed by atoms with Gasteiger partial charge in [0.05, 0.1) is 3.79 Å². The first kappa shape index (κ1) is 14.3. The molecule has 2 aromatic rings. The molecule has 96 valence electrons. The maximum Gasteiger partial charge on any atom is 0.0704 e. The average Bonchev–Trinajstić information content (AvgIpc) is 2.63. The topological polar surface area (TPSA) is 0 Å². The van der Waals surface area contributed by atoms with E-state index in [-0.39, 0.29) is 0 Å². The fraction of sp³-hybridized carbons (Fsp3) is 0.333. The molecule has 2 rings (SSSR count). The molecule has 0 spiro atoms. The van der Waals surface area contributed by atoms with E-state index in [1.54, 1.807) is 11.3 Å². The van der Waals surface area contributed by atoms with Crippen molar-refractivity contribution in [3.05, 3.63) is 55.2 Å². The molecule has 0 amide bonds. The van der Waals surface area contributed by atoms with Gasteiger partial charge < -0.3 is 0 Å². The van der Waals surface area contributed by atoms with E-state index in [0.29, 0.717) is 4.83 Å². The summed E-state index contributed by atoms with van der Waals surface area (Å²) in [5.41, 5.74) is 5.52. The lowest BCUT2D eigenvalue weighted by Crippen LogP contribution is -1.96. The summed E-state index contributed by atoms with van der Waals surface area (Å²) in [5, 5.41) is 0. The van der Waals surface area contributed by atoms with E-state index < -0.39 is 0 Å². The fourth-order valence-corrected chi connectivity index (χ4v) is 4.79. The predicted octanol–water partition coefficient (Wildman–Crippen LogP) is 6.11. The van der Waals surface area contributed by atoms with Gasteiger partial charge in [0.15, 0.2) is 0 Å². The molecule has 1 unspecified atom stereocenters. The SMILES string of the molecule is Cc1ccc(CC(Br)c2cc(Br)sc2C)cc1C. The molecular formula is C15H16Br2S. The summed E-state index contributed by atoms with van der Waals surface area (Å²) in [7, 11) is 0. The van der Waals surface area contributed by atoms with Crippen molar-refractivity contribution in [3.8, 4) is 0 Å². The monoisotopic (exact) mass is 386 g/mol. The highest BCUT2D eigenvalue weighted by Crippen LogP contribution is 2.36. The summed E-state index contributed by atoms with van der Waals surface area (Å²) >= 11 is 9.17. The lowest BCUT2D eigenvalue weighted by molar-refractivity contribution is 0.943. The number of rotatable bonds is 3. The van der Waals surface area contributed by atoms with Gasteiger partial charge in [-0.25, -0.2) is 0 Å². The van der Waals surface area contributed by atoms with Crippen LogP contribution in [0.5, 0.6) is 0 Å². The second-order valence-corrected chi connectivity index (χ2v) is 8.39. The molecule has 1 atom stereocenters. The molecule has 1 aromatic heterocycles. The summed E-state index contributed by atoms with van der Waals surface area (Å²) in [6, 6.07) is 8.95. The van der Waals surface area contributed by atoms with Crippen molar-refractivity contribution < 1.29 is 0 Å². The van der Waals surface area contributed by atoms with Crippen LogP contribution >= 0.6 is 43.2 Å². The van der Waals surface area contributed by atoms with Gasteiger partial charge in [0.1, 0.15) is 0 Å². The third-order valence-electron chi connectivity index (χ3n) is 3.25. The zero-order valence-corrected chi connectivity index (χ0v) is 14.7. The summed E-state index contributed by atoms with van der Waals surface area (Å²) in [5.74, 6) is 0. The van der Waals surface area contributed by atoms with Gasteiger partial charge in [-0.3, -0.25) is 0 Å². The van der Waals surface area contributed by atoms with Crippen LogP contribution in [0.1, 0.15) is 32.0 Å². The van der Waals surface area contributed by atoms with Crippen LogP contribution < -0.4 is 0 Å². The molecule has 0 saturated carbocycles. The Balaban J connectivity index is 2.18. The van der Waals surface area contributed by atoms with E-state index in [9.17, 15) is 0 Å². The van der Waals surface area contributed by atoms with Crippen LogP contribution in [-0.2, 0) is 6.42 Å². The first-order valence-corrected chi connectivity index (χ1v) is 8.46. The standard InChI is InChI=1S/C15H16Br2S/c1-9-4-5-12(6-10(9)2)7-14(16)13-8-15(17)18-11(13)3/h4-6,8,14H,7H2,1-3H3. The second kappa shape index (κ2) is 5.89. The van der Waals surface area contributed by atoms with Crippen molar-refractivity contribution in [1.82, 2.24) is 0 Å². The molecule has 1 heterocycles. The van der Waals surface area contributed by atoms with Crippen LogP contribution in [0.2, 0.25) is 0 Å². The second-order valence-electron chi connectivity index (χ2n) is 4.65. The Hall–Kier alpha value is -0.120.